The number of carboxylic acids is 1. The predicted octanol–water partition coefficient (Wildman–Crippen LogP) is 0.790. The van der Waals surface area contributed by atoms with Gasteiger partial charge in [0, 0.05) is 6.20 Å². The molecular weight excluding hydrogens is 312 g/mol. The third kappa shape index (κ3) is 4.78. The highest BCUT2D eigenvalue weighted by Gasteiger charge is 2.25. The fourth-order valence-corrected chi connectivity index (χ4v) is 2.83. The number of esters is 1. The Labute approximate surface area is 128 Å². The van der Waals surface area contributed by atoms with Crippen LogP contribution < -0.4 is 4.72 Å². The monoisotopic (exact) mass is 330 g/mol. The molecule has 9 heteroatoms. The van der Waals surface area contributed by atoms with Gasteiger partial charge < -0.3 is 9.84 Å². The maximum absolute atomic E-state index is 12.1. The van der Waals surface area contributed by atoms with Crippen molar-refractivity contribution in [3.8, 4) is 0 Å². The number of aromatic nitrogens is 1. The van der Waals surface area contributed by atoms with Crippen LogP contribution in [-0.4, -0.2) is 43.6 Å². The predicted molar refractivity (Wildman–Crippen MR) is 76.8 cm³/mol. The van der Waals surface area contributed by atoms with Crippen LogP contribution in [0.3, 0.4) is 0 Å². The molecule has 0 saturated heterocycles. The van der Waals surface area contributed by atoms with Crippen LogP contribution >= 0.6 is 0 Å². The molecule has 0 aliphatic carbocycles. The zero-order valence-corrected chi connectivity index (χ0v) is 13.1. The van der Waals surface area contributed by atoms with Crippen LogP contribution in [0.1, 0.15) is 36.7 Å². The molecule has 0 aliphatic rings. The van der Waals surface area contributed by atoms with E-state index in [0.29, 0.717) is 6.42 Å². The summed E-state index contributed by atoms with van der Waals surface area (Å²) in [5.41, 5.74) is -0.0396. The Kier molecular flexibility index (Phi) is 6.44. The average molecular weight is 330 g/mol. The number of pyridine rings is 1. The minimum atomic E-state index is -4.03. The first-order chi connectivity index (χ1) is 10.3. The van der Waals surface area contributed by atoms with E-state index in [0.717, 1.165) is 12.6 Å². The molecule has 1 heterocycles. The van der Waals surface area contributed by atoms with Crippen LogP contribution in [0.4, 0.5) is 0 Å². The fraction of sp³-hybridized carbons (Fsp3) is 0.462. The first-order valence-electron chi connectivity index (χ1n) is 6.61. The Hall–Kier alpha value is -2.00. The summed E-state index contributed by atoms with van der Waals surface area (Å²) in [5.74, 6) is -1.93. The van der Waals surface area contributed by atoms with E-state index in [1.165, 1.54) is 19.2 Å². The number of unbranched alkanes of at least 4 members (excludes halogenated alkanes) is 1. The summed E-state index contributed by atoms with van der Waals surface area (Å²) in [6.45, 7) is 1.88. The lowest BCUT2D eigenvalue weighted by molar-refractivity contribution is -0.139. The standard InChI is InChI=1S/C13H18N2O6S/c1-3-4-5-10(12(16)17)15-22(19,20)9-6-7-11(14-8-9)13(18)21-2/h6-8,10,15H,3-5H2,1-2H3,(H,16,17). The van der Waals surface area contributed by atoms with Crippen molar-refractivity contribution in [2.24, 2.45) is 0 Å². The second-order valence-electron chi connectivity index (χ2n) is 4.53. The topological polar surface area (TPSA) is 123 Å². The molecule has 0 radical (unpaired) electrons. The number of aliphatic carboxylic acids is 1. The van der Waals surface area contributed by atoms with Crippen molar-refractivity contribution in [3.05, 3.63) is 24.0 Å². The number of nitrogens with one attached hydrogen (secondary N) is 1. The molecule has 0 bridgehead atoms. The lowest BCUT2D eigenvalue weighted by atomic mass is 10.1. The zero-order valence-electron chi connectivity index (χ0n) is 12.3. The third-order valence-electron chi connectivity index (χ3n) is 2.88. The Morgan fingerprint density at radius 2 is 2.09 bits per heavy atom. The molecule has 0 aromatic carbocycles. The minimum absolute atomic E-state index is 0.0396. The number of methoxy groups -OCH3 is 1. The highest BCUT2D eigenvalue weighted by atomic mass is 32.2. The van der Waals surface area contributed by atoms with E-state index < -0.39 is 28.0 Å². The van der Waals surface area contributed by atoms with Crippen LogP contribution in [0.2, 0.25) is 0 Å². The number of hydrogen-bond acceptors (Lipinski definition) is 6. The second kappa shape index (κ2) is 7.85. The van der Waals surface area contributed by atoms with Gasteiger partial charge in [0.05, 0.1) is 7.11 Å². The Morgan fingerprint density at radius 1 is 1.41 bits per heavy atom. The third-order valence-corrected chi connectivity index (χ3v) is 4.34. The summed E-state index contributed by atoms with van der Waals surface area (Å²) in [4.78, 5) is 25.8. The number of carbonyl (C=O) groups is 2. The molecule has 1 aromatic heterocycles. The molecule has 0 amide bonds. The van der Waals surface area contributed by atoms with Crippen LogP contribution in [0.15, 0.2) is 23.2 Å². The Morgan fingerprint density at radius 3 is 2.55 bits per heavy atom. The van der Waals surface area contributed by atoms with Crippen LogP contribution in [0.5, 0.6) is 0 Å². The van der Waals surface area contributed by atoms with Gasteiger partial charge in [0.2, 0.25) is 10.0 Å². The zero-order chi connectivity index (χ0) is 16.8. The molecule has 2 N–H and O–H groups in total. The van der Waals surface area contributed by atoms with Crippen molar-refractivity contribution in [3.63, 3.8) is 0 Å². The lowest BCUT2D eigenvalue weighted by Gasteiger charge is -2.14. The molecule has 122 valence electrons. The highest BCUT2D eigenvalue weighted by molar-refractivity contribution is 7.89. The van der Waals surface area contributed by atoms with Crippen LogP contribution in [0.25, 0.3) is 0 Å². The van der Waals surface area contributed by atoms with Crippen molar-refractivity contribution >= 4 is 22.0 Å². The van der Waals surface area contributed by atoms with E-state index in [9.17, 15) is 18.0 Å². The lowest BCUT2D eigenvalue weighted by Crippen LogP contribution is -2.40. The maximum Gasteiger partial charge on any atom is 0.356 e. The van der Waals surface area contributed by atoms with Gasteiger partial charge in [-0.1, -0.05) is 19.8 Å². The Balaban J connectivity index is 2.93. The normalized spacial score (nSPS) is 12.6. The van der Waals surface area contributed by atoms with Gasteiger partial charge in [-0.25, -0.2) is 18.2 Å². The number of rotatable bonds is 8. The largest absolute Gasteiger partial charge is 0.480 e. The number of ether oxygens (including phenoxy) is 1. The van der Waals surface area contributed by atoms with Crippen molar-refractivity contribution in [1.82, 2.24) is 9.71 Å². The summed E-state index contributed by atoms with van der Waals surface area (Å²) in [7, 11) is -2.85. The summed E-state index contributed by atoms with van der Waals surface area (Å²) in [6, 6.07) is 1.16. The maximum atomic E-state index is 12.1. The molecule has 0 aliphatic heterocycles. The van der Waals surface area contributed by atoms with E-state index >= 15 is 0 Å². The summed E-state index contributed by atoms with van der Waals surface area (Å²) in [5, 5.41) is 9.06. The molecule has 22 heavy (non-hydrogen) atoms. The molecule has 1 aromatic rings. The van der Waals surface area contributed by atoms with E-state index in [1.54, 1.807) is 0 Å². The van der Waals surface area contributed by atoms with Crippen LogP contribution in [-0.2, 0) is 19.6 Å². The van der Waals surface area contributed by atoms with Gasteiger partial charge in [0.1, 0.15) is 16.6 Å². The first kappa shape index (κ1) is 18.1. The number of nitrogens with zero attached hydrogens (tertiary/aromatic N) is 1. The van der Waals surface area contributed by atoms with E-state index in [1.807, 2.05) is 6.92 Å². The van der Waals surface area contributed by atoms with Gasteiger partial charge in [-0.05, 0) is 18.6 Å². The molecular formula is C13H18N2O6S. The molecule has 1 unspecified atom stereocenters. The van der Waals surface area contributed by atoms with Gasteiger partial charge in [-0.15, -0.1) is 0 Å². The van der Waals surface area contributed by atoms with Crippen molar-refractivity contribution in [1.29, 1.82) is 0 Å². The quantitative estimate of drug-likeness (QED) is 0.675. The average Bonchev–Trinajstić information content (AvgIpc) is 2.50. The fourth-order valence-electron chi connectivity index (χ4n) is 1.66. The van der Waals surface area contributed by atoms with Crippen molar-refractivity contribution in [2.75, 3.05) is 7.11 Å². The van der Waals surface area contributed by atoms with E-state index in [4.69, 9.17) is 5.11 Å². The number of carbonyl (C=O) groups excluding carboxylic acids is 1. The molecule has 0 fully saturated rings. The summed E-state index contributed by atoms with van der Waals surface area (Å²) < 4.78 is 30.8. The Bertz CT molecular complexity index is 626. The molecule has 1 atom stereocenters. The molecule has 0 spiro atoms. The second-order valence-corrected chi connectivity index (χ2v) is 6.24. The van der Waals surface area contributed by atoms with Crippen molar-refractivity contribution in [2.45, 2.75) is 37.1 Å². The van der Waals surface area contributed by atoms with Crippen LogP contribution in [0, 0.1) is 0 Å². The van der Waals surface area contributed by atoms with E-state index in [2.05, 4.69) is 14.4 Å². The number of carboxylic acid groups (broad SMARTS) is 1. The minimum Gasteiger partial charge on any atom is -0.480 e. The van der Waals surface area contributed by atoms with Gasteiger partial charge in [-0.2, -0.15) is 4.72 Å². The highest BCUT2D eigenvalue weighted by Crippen LogP contribution is 2.11. The number of sulfonamides is 1. The van der Waals surface area contributed by atoms with Gasteiger partial charge in [0.25, 0.3) is 0 Å². The number of hydrogen-bond donors (Lipinski definition) is 2. The summed E-state index contributed by atoms with van der Waals surface area (Å²) in [6.07, 6.45) is 2.51. The SMILES string of the molecule is CCCCC(NS(=O)(=O)c1ccc(C(=O)OC)nc1)C(=O)O. The molecule has 1 rings (SSSR count). The van der Waals surface area contributed by atoms with Gasteiger partial charge in [0.15, 0.2) is 0 Å². The summed E-state index contributed by atoms with van der Waals surface area (Å²) >= 11 is 0. The first-order valence-corrected chi connectivity index (χ1v) is 8.09. The van der Waals surface area contributed by atoms with Crippen molar-refractivity contribution < 1.29 is 27.9 Å². The smallest absolute Gasteiger partial charge is 0.356 e. The van der Waals surface area contributed by atoms with Gasteiger partial charge >= 0.3 is 11.9 Å². The van der Waals surface area contributed by atoms with Gasteiger partial charge in [-0.3, -0.25) is 4.79 Å². The van der Waals surface area contributed by atoms with E-state index in [-0.39, 0.29) is 17.0 Å². The molecule has 8 nitrogen and oxygen atoms in total. The molecule has 0 saturated carbocycles.